The van der Waals surface area contributed by atoms with Crippen molar-refractivity contribution in [2.24, 2.45) is 27.1 Å². The van der Waals surface area contributed by atoms with Crippen molar-refractivity contribution in [2.75, 3.05) is 165 Å². The van der Waals surface area contributed by atoms with Crippen LogP contribution < -0.4 is 71.1 Å². The molecule has 30 nitrogen and oxygen atoms in total. The number of hydrogen-bond acceptors (Lipinski definition) is 30. The van der Waals surface area contributed by atoms with E-state index in [2.05, 4.69) is 119 Å². The normalized spacial score (nSPS) is 22.9. The molecule has 5 saturated heterocycles. The second-order valence-corrected chi connectivity index (χ2v) is 41.6. The zero-order chi connectivity index (χ0) is 98.6. The Morgan fingerprint density at radius 3 is 0.536 bits per heavy atom. The molecule has 10 atom stereocenters. The Kier molecular flexibility index (Phi) is 32.3. The van der Waals surface area contributed by atoms with E-state index < -0.39 is 0 Å². The first-order valence-corrected chi connectivity index (χ1v) is 50.0. The molecule has 0 radical (unpaired) electrons. The molecule has 0 aromatic carbocycles. The summed E-state index contributed by atoms with van der Waals surface area (Å²) < 4.78 is 86.9. The van der Waals surface area contributed by atoms with Crippen LogP contribution in [0.2, 0.25) is 0 Å². The minimum atomic E-state index is 0.118. The number of aryl methyl sites for hydroxylation is 10. The molecule has 10 aliphatic heterocycles. The van der Waals surface area contributed by atoms with Crippen LogP contribution >= 0.6 is 0 Å². The summed E-state index contributed by atoms with van der Waals surface area (Å²) >= 11 is 0. The standard InChI is InChI=1S/5C22H29N3O3/c5*1-15-11-18(12-16(2)23-15)28-14-22(4)7-8-25(13-22)17(3)19-5-6-20-21(24-19)27-10-9-26-20/h5*5-6,11-12,17H,7-10,13-14H2,1-4H3/t4*17-,22-;/m1111./s1. The molecule has 750 valence electrons. The number of likely N-dealkylation sites (tertiary alicyclic amines) is 5. The van der Waals surface area contributed by atoms with E-state index in [1.165, 1.54) is 0 Å². The number of ether oxygens (including phenoxy) is 15. The van der Waals surface area contributed by atoms with E-state index in [1.54, 1.807) is 0 Å². The van der Waals surface area contributed by atoms with Gasteiger partial charge in [-0.05, 0) is 229 Å². The lowest BCUT2D eigenvalue weighted by molar-refractivity contribution is 0.148. The highest BCUT2D eigenvalue weighted by Crippen LogP contribution is 2.45. The molecular formula is C110H145N15O15. The van der Waals surface area contributed by atoms with Gasteiger partial charge in [0.05, 0.1) is 61.5 Å². The van der Waals surface area contributed by atoms with Crippen LogP contribution in [0.15, 0.2) is 121 Å². The van der Waals surface area contributed by atoms with Gasteiger partial charge in [-0.25, -0.2) is 24.9 Å². The molecule has 0 amide bonds. The summed E-state index contributed by atoms with van der Waals surface area (Å²) in [6.45, 7) is 61.9. The monoisotopic (exact) mass is 1920 g/mol. The fourth-order valence-corrected chi connectivity index (χ4v) is 20.1. The third-order valence-electron chi connectivity index (χ3n) is 28.2. The maximum Gasteiger partial charge on any atom is 0.257 e. The van der Waals surface area contributed by atoms with Crippen LogP contribution in [-0.4, -0.2) is 239 Å². The average molecular weight is 1920 g/mol. The van der Waals surface area contributed by atoms with Gasteiger partial charge in [-0.15, -0.1) is 0 Å². The Morgan fingerprint density at radius 2 is 0.379 bits per heavy atom. The second-order valence-electron chi connectivity index (χ2n) is 41.6. The van der Waals surface area contributed by atoms with Gasteiger partial charge in [0.25, 0.3) is 29.4 Å². The van der Waals surface area contributed by atoms with Crippen molar-refractivity contribution in [2.45, 2.75) is 201 Å². The maximum atomic E-state index is 6.14. The van der Waals surface area contributed by atoms with Crippen LogP contribution in [0.3, 0.4) is 0 Å². The van der Waals surface area contributed by atoms with Gasteiger partial charge in [-0.3, -0.25) is 49.4 Å². The molecule has 30 heteroatoms. The van der Waals surface area contributed by atoms with Crippen LogP contribution in [-0.2, 0) is 0 Å². The van der Waals surface area contributed by atoms with E-state index in [0.717, 1.165) is 240 Å². The maximum absolute atomic E-state index is 6.14. The highest BCUT2D eigenvalue weighted by atomic mass is 16.6. The molecule has 0 bridgehead atoms. The van der Waals surface area contributed by atoms with Gasteiger partial charge >= 0.3 is 0 Å². The highest BCUT2D eigenvalue weighted by molar-refractivity contribution is 5.42. The number of fused-ring (bicyclic) bond motifs is 5. The van der Waals surface area contributed by atoms with E-state index in [9.17, 15) is 0 Å². The van der Waals surface area contributed by atoms with Crippen LogP contribution in [0.5, 0.6) is 86.9 Å². The molecule has 10 aliphatic rings. The molecule has 0 aliphatic carbocycles. The van der Waals surface area contributed by atoms with Gasteiger partial charge in [-0.2, -0.15) is 0 Å². The Hall–Kier alpha value is -11.7. The van der Waals surface area contributed by atoms with E-state index in [1.807, 2.05) is 191 Å². The topological polar surface area (TPSA) is 284 Å². The number of pyridine rings is 10. The average Bonchev–Trinajstić information content (AvgIpc) is 1.69. The zero-order valence-electron chi connectivity index (χ0n) is 86.0. The summed E-state index contributed by atoms with van der Waals surface area (Å²) in [6.07, 6.45) is 5.51. The van der Waals surface area contributed by atoms with Crippen molar-refractivity contribution in [1.82, 2.24) is 74.3 Å². The first kappa shape index (κ1) is 101. The quantitative estimate of drug-likeness (QED) is 0.0514. The van der Waals surface area contributed by atoms with Crippen LogP contribution in [0, 0.1) is 96.3 Å². The molecule has 10 aromatic rings. The summed E-state index contributed by atoms with van der Waals surface area (Å²) in [7, 11) is 0. The largest absolute Gasteiger partial charge is 0.493 e. The number of aromatic nitrogens is 10. The summed E-state index contributed by atoms with van der Waals surface area (Å²) in [5, 5.41) is 0. The summed E-state index contributed by atoms with van der Waals surface area (Å²) in [5.41, 5.74) is 15.6. The number of nitrogens with zero attached hydrogens (tertiary/aromatic N) is 15. The predicted molar refractivity (Wildman–Crippen MR) is 536 cm³/mol. The van der Waals surface area contributed by atoms with Gasteiger partial charge in [0.2, 0.25) is 0 Å². The fraction of sp³-hybridized carbons (Fsp3) is 0.545. The predicted octanol–water partition coefficient (Wildman–Crippen LogP) is 18.6. The Morgan fingerprint density at radius 1 is 0.229 bits per heavy atom. The fourth-order valence-electron chi connectivity index (χ4n) is 20.1. The molecule has 20 heterocycles. The van der Waals surface area contributed by atoms with Crippen LogP contribution in [0.25, 0.3) is 0 Å². The molecule has 0 spiro atoms. The van der Waals surface area contributed by atoms with Crippen molar-refractivity contribution in [3.8, 4) is 86.9 Å². The van der Waals surface area contributed by atoms with Crippen LogP contribution in [0.4, 0.5) is 0 Å². The smallest absolute Gasteiger partial charge is 0.257 e. The van der Waals surface area contributed by atoms with E-state index in [0.29, 0.717) is 129 Å². The van der Waals surface area contributed by atoms with E-state index in [-0.39, 0.29) is 57.3 Å². The van der Waals surface area contributed by atoms with E-state index in [4.69, 9.17) is 96.0 Å². The lowest BCUT2D eigenvalue weighted by Gasteiger charge is -2.28. The van der Waals surface area contributed by atoms with Gasteiger partial charge in [0, 0.05) is 208 Å². The van der Waals surface area contributed by atoms with Gasteiger partial charge in [-0.1, -0.05) is 34.6 Å². The van der Waals surface area contributed by atoms with Crippen molar-refractivity contribution >= 4 is 0 Å². The molecule has 140 heavy (non-hydrogen) atoms. The van der Waals surface area contributed by atoms with Crippen molar-refractivity contribution < 1.29 is 71.1 Å². The molecule has 5 fully saturated rings. The highest BCUT2D eigenvalue weighted by Gasteiger charge is 2.44. The molecule has 2 unspecified atom stereocenters. The van der Waals surface area contributed by atoms with Crippen LogP contribution in [0.1, 0.15) is 217 Å². The second kappa shape index (κ2) is 44.6. The van der Waals surface area contributed by atoms with Crippen molar-refractivity contribution in [1.29, 1.82) is 0 Å². The van der Waals surface area contributed by atoms with Gasteiger partial charge in [0.1, 0.15) is 94.8 Å². The summed E-state index contributed by atoms with van der Waals surface area (Å²) in [6, 6.07) is 41.3. The zero-order valence-corrected chi connectivity index (χ0v) is 86.0. The molecule has 20 rings (SSSR count). The summed E-state index contributed by atoms with van der Waals surface area (Å²) in [4.78, 5) is 57.9. The third kappa shape index (κ3) is 26.5. The Labute approximate surface area is 827 Å². The Balaban J connectivity index is 0.000000126. The number of rotatable bonds is 25. The SMILES string of the molecule is Cc1cc(OCC2(C)CCN(C(C)c3ccc4c(n3)OCCO4)C2)cc(C)n1.Cc1cc(OC[C@]2(C)CCN([C@H](C)c3ccc4c(n3)OCCO4)C2)cc(C)n1.Cc1cc(OC[C@]2(C)CCN([C@H](C)c3ccc4c(n3)OCCO4)C2)cc(C)n1.Cc1cc(OC[C@]2(C)CCN([C@H](C)c3ccc4c(n3)OCCO4)C2)cc(C)n1.Cc1cc(OC[C@]2(C)CCN([C@H](C)c3ccc4c(n3)OCCO4)C2)cc(C)n1. The lowest BCUT2D eigenvalue weighted by atomic mass is 9.91. The molecule has 0 saturated carbocycles. The first-order valence-electron chi connectivity index (χ1n) is 50.0. The van der Waals surface area contributed by atoms with Gasteiger partial charge in [0.15, 0.2) is 28.7 Å². The first-order chi connectivity index (χ1) is 67.1. The Bertz CT molecular complexity index is 5000. The number of hydrogen-bond donors (Lipinski definition) is 0. The molecule has 0 N–H and O–H groups in total. The molecule has 10 aromatic heterocycles. The molecular weight excluding hydrogens is 1770 g/mol. The summed E-state index contributed by atoms with van der Waals surface area (Å²) in [5.74, 6) is 11.3. The van der Waals surface area contributed by atoms with Gasteiger partial charge < -0.3 is 71.1 Å². The minimum Gasteiger partial charge on any atom is -0.493 e. The van der Waals surface area contributed by atoms with Crippen molar-refractivity contribution in [3.05, 3.63) is 207 Å². The minimum absolute atomic E-state index is 0.118. The van der Waals surface area contributed by atoms with E-state index >= 15 is 0 Å². The lowest BCUT2D eigenvalue weighted by Crippen LogP contribution is -2.32. The third-order valence-corrected chi connectivity index (χ3v) is 28.2. The van der Waals surface area contributed by atoms with Crippen molar-refractivity contribution in [3.63, 3.8) is 0 Å².